The lowest BCUT2D eigenvalue weighted by Crippen LogP contribution is -2.48. The molecule has 0 aromatic heterocycles. The lowest BCUT2D eigenvalue weighted by molar-refractivity contribution is -0.123. The van der Waals surface area contributed by atoms with Gasteiger partial charge in [-0.25, -0.2) is 0 Å². The van der Waals surface area contributed by atoms with E-state index in [0.717, 1.165) is 24.9 Å². The van der Waals surface area contributed by atoms with Crippen molar-refractivity contribution in [2.75, 3.05) is 20.8 Å². The van der Waals surface area contributed by atoms with Crippen LogP contribution in [0.25, 0.3) is 0 Å². The highest BCUT2D eigenvalue weighted by Gasteiger charge is 2.23. The van der Waals surface area contributed by atoms with Gasteiger partial charge in [-0.1, -0.05) is 30.3 Å². The summed E-state index contributed by atoms with van der Waals surface area (Å²) in [7, 11) is 3.24. The summed E-state index contributed by atoms with van der Waals surface area (Å²) >= 11 is 0. The number of carbonyl (C=O) groups is 1. The summed E-state index contributed by atoms with van der Waals surface area (Å²) in [5.74, 6) is 1.47. The molecule has 0 spiro atoms. The third-order valence-corrected chi connectivity index (χ3v) is 4.56. The second-order valence-electron chi connectivity index (χ2n) is 6.14. The summed E-state index contributed by atoms with van der Waals surface area (Å²) < 4.78 is 10.5. The Bertz CT molecular complexity index is 745. The fourth-order valence-electron chi connectivity index (χ4n) is 3.13. The van der Waals surface area contributed by atoms with Gasteiger partial charge in [0.25, 0.3) is 0 Å². The quantitative estimate of drug-likeness (QED) is 0.845. The molecule has 0 unspecified atom stereocenters. The van der Waals surface area contributed by atoms with Gasteiger partial charge in [-0.15, -0.1) is 0 Å². The number of fused-ring (bicyclic) bond motifs is 1. The lowest BCUT2D eigenvalue weighted by atomic mass is 9.95. The Labute approximate surface area is 148 Å². The van der Waals surface area contributed by atoms with E-state index in [0.29, 0.717) is 18.0 Å². The Balaban J connectivity index is 1.52. The van der Waals surface area contributed by atoms with E-state index in [-0.39, 0.29) is 11.9 Å². The van der Waals surface area contributed by atoms with E-state index in [9.17, 15) is 4.79 Å². The van der Waals surface area contributed by atoms with Crippen LogP contribution in [0.4, 0.5) is 0 Å². The molecule has 1 amide bonds. The molecule has 5 heteroatoms. The van der Waals surface area contributed by atoms with Crippen molar-refractivity contribution in [3.05, 3.63) is 59.2 Å². The molecule has 1 atom stereocenters. The van der Waals surface area contributed by atoms with Crippen LogP contribution in [0.2, 0.25) is 0 Å². The van der Waals surface area contributed by atoms with Gasteiger partial charge >= 0.3 is 0 Å². The second-order valence-corrected chi connectivity index (χ2v) is 6.14. The van der Waals surface area contributed by atoms with Crippen LogP contribution in [-0.4, -0.2) is 32.7 Å². The van der Waals surface area contributed by atoms with Gasteiger partial charge in [0.1, 0.15) is 0 Å². The Hall–Kier alpha value is -2.53. The van der Waals surface area contributed by atoms with E-state index < -0.39 is 0 Å². The van der Waals surface area contributed by atoms with Gasteiger partial charge in [-0.3, -0.25) is 4.79 Å². The molecule has 3 rings (SSSR count). The number of nitrogens with one attached hydrogen (secondary N) is 2. The molecule has 1 heterocycles. The molecule has 0 saturated heterocycles. The number of benzene rings is 2. The predicted molar refractivity (Wildman–Crippen MR) is 97.0 cm³/mol. The smallest absolute Gasteiger partial charge is 0.237 e. The largest absolute Gasteiger partial charge is 0.493 e. The van der Waals surface area contributed by atoms with Crippen LogP contribution in [0.15, 0.2) is 42.5 Å². The van der Waals surface area contributed by atoms with Gasteiger partial charge in [0.15, 0.2) is 11.5 Å². The SMILES string of the molecule is COc1ccc(CCNC(=O)[C@@H]2Cc3ccccc3CN2)cc1OC. The third kappa shape index (κ3) is 4.12. The lowest BCUT2D eigenvalue weighted by Gasteiger charge is -2.25. The van der Waals surface area contributed by atoms with Gasteiger partial charge in [0, 0.05) is 13.1 Å². The van der Waals surface area contributed by atoms with Crippen LogP contribution in [0.3, 0.4) is 0 Å². The molecule has 132 valence electrons. The van der Waals surface area contributed by atoms with Crippen molar-refractivity contribution in [1.82, 2.24) is 10.6 Å². The van der Waals surface area contributed by atoms with Crippen molar-refractivity contribution < 1.29 is 14.3 Å². The van der Waals surface area contributed by atoms with Gasteiger partial charge in [0.2, 0.25) is 5.91 Å². The number of rotatable bonds is 6. The normalized spacial score (nSPS) is 16.0. The van der Waals surface area contributed by atoms with Crippen LogP contribution >= 0.6 is 0 Å². The maximum Gasteiger partial charge on any atom is 0.237 e. The van der Waals surface area contributed by atoms with Gasteiger partial charge in [-0.2, -0.15) is 0 Å². The molecule has 0 bridgehead atoms. The Kier molecular flexibility index (Phi) is 5.56. The Morgan fingerprint density at radius 1 is 1.12 bits per heavy atom. The number of hydrogen-bond acceptors (Lipinski definition) is 4. The number of hydrogen-bond donors (Lipinski definition) is 2. The predicted octanol–water partition coefficient (Wildman–Crippen LogP) is 2.08. The van der Waals surface area contributed by atoms with Crippen molar-refractivity contribution >= 4 is 5.91 Å². The summed E-state index contributed by atoms with van der Waals surface area (Å²) in [6.45, 7) is 1.33. The molecular formula is C20H24N2O3. The summed E-state index contributed by atoms with van der Waals surface area (Å²) in [5, 5.41) is 6.33. The third-order valence-electron chi connectivity index (χ3n) is 4.56. The van der Waals surface area contributed by atoms with Gasteiger partial charge < -0.3 is 20.1 Å². The number of methoxy groups -OCH3 is 2. The minimum Gasteiger partial charge on any atom is -0.493 e. The van der Waals surface area contributed by atoms with E-state index in [4.69, 9.17) is 9.47 Å². The van der Waals surface area contributed by atoms with E-state index in [1.807, 2.05) is 30.3 Å². The first-order valence-corrected chi connectivity index (χ1v) is 8.50. The molecule has 0 radical (unpaired) electrons. The summed E-state index contributed by atoms with van der Waals surface area (Å²) in [4.78, 5) is 12.4. The average molecular weight is 340 g/mol. The van der Waals surface area contributed by atoms with Crippen LogP contribution in [0, 0.1) is 0 Å². The first-order valence-electron chi connectivity index (χ1n) is 8.50. The average Bonchev–Trinajstić information content (AvgIpc) is 2.67. The first kappa shape index (κ1) is 17.3. The second kappa shape index (κ2) is 8.03. The van der Waals surface area contributed by atoms with Crippen molar-refractivity contribution in [3.8, 4) is 11.5 Å². The van der Waals surface area contributed by atoms with Crippen molar-refractivity contribution in [1.29, 1.82) is 0 Å². The molecule has 1 aliphatic rings. The van der Waals surface area contributed by atoms with E-state index in [2.05, 4.69) is 22.8 Å². The maximum absolute atomic E-state index is 12.4. The van der Waals surface area contributed by atoms with Crippen LogP contribution in [0.1, 0.15) is 16.7 Å². The van der Waals surface area contributed by atoms with Crippen LogP contribution in [0.5, 0.6) is 11.5 Å². The Morgan fingerprint density at radius 2 is 1.88 bits per heavy atom. The fraction of sp³-hybridized carbons (Fsp3) is 0.350. The van der Waals surface area contributed by atoms with Gasteiger partial charge in [0.05, 0.1) is 20.3 Å². The summed E-state index contributed by atoms with van der Waals surface area (Å²) in [5.41, 5.74) is 3.62. The zero-order valence-corrected chi connectivity index (χ0v) is 14.7. The van der Waals surface area contributed by atoms with Crippen molar-refractivity contribution in [3.63, 3.8) is 0 Å². The first-order chi connectivity index (χ1) is 12.2. The highest BCUT2D eigenvalue weighted by molar-refractivity contribution is 5.82. The minimum atomic E-state index is -0.166. The fourth-order valence-corrected chi connectivity index (χ4v) is 3.13. The maximum atomic E-state index is 12.4. The zero-order chi connectivity index (χ0) is 17.6. The molecule has 2 N–H and O–H groups in total. The Morgan fingerprint density at radius 3 is 2.64 bits per heavy atom. The standard InChI is InChI=1S/C20H24N2O3/c1-24-18-8-7-14(11-19(18)25-2)9-10-21-20(23)17-12-15-5-3-4-6-16(15)13-22-17/h3-8,11,17,22H,9-10,12-13H2,1-2H3,(H,21,23)/t17-/m0/s1. The monoisotopic (exact) mass is 340 g/mol. The van der Waals surface area contributed by atoms with Gasteiger partial charge in [-0.05, 0) is 41.7 Å². The number of amides is 1. The molecule has 0 aliphatic carbocycles. The summed E-state index contributed by atoms with van der Waals surface area (Å²) in [6.07, 6.45) is 1.48. The molecule has 25 heavy (non-hydrogen) atoms. The molecule has 0 fully saturated rings. The van der Waals surface area contributed by atoms with Crippen LogP contribution < -0.4 is 20.1 Å². The highest BCUT2D eigenvalue weighted by atomic mass is 16.5. The zero-order valence-electron chi connectivity index (χ0n) is 14.7. The van der Waals surface area contributed by atoms with Crippen molar-refractivity contribution in [2.24, 2.45) is 0 Å². The molecule has 0 saturated carbocycles. The minimum absolute atomic E-state index is 0.0509. The summed E-state index contributed by atoms with van der Waals surface area (Å²) in [6, 6.07) is 13.9. The van der Waals surface area contributed by atoms with E-state index in [1.54, 1.807) is 14.2 Å². The van der Waals surface area contributed by atoms with E-state index in [1.165, 1.54) is 11.1 Å². The molecule has 1 aliphatic heterocycles. The molecular weight excluding hydrogens is 316 g/mol. The van der Waals surface area contributed by atoms with Crippen molar-refractivity contribution in [2.45, 2.75) is 25.4 Å². The molecule has 2 aromatic rings. The molecule has 5 nitrogen and oxygen atoms in total. The van der Waals surface area contributed by atoms with Crippen LogP contribution in [-0.2, 0) is 24.2 Å². The molecule has 2 aromatic carbocycles. The number of carbonyl (C=O) groups excluding carboxylic acids is 1. The number of ether oxygens (including phenoxy) is 2. The van der Waals surface area contributed by atoms with E-state index >= 15 is 0 Å². The topological polar surface area (TPSA) is 59.6 Å². The highest BCUT2D eigenvalue weighted by Crippen LogP contribution is 2.27.